The third kappa shape index (κ3) is 2.18. The fraction of sp³-hybridized carbons (Fsp3) is 0.600. The molecule has 3 heteroatoms. The molecule has 18 heavy (non-hydrogen) atoms. The van der Waals surface area contributed by atoms with Gasteiger partial charge in [0, 0.05) is 38.1 Å². The first kappa shape index (κ1) is 12.5. The van der Waals surface area contributed by atoms with Crippen molar-refractivity contribution >= 4 is 12.4 Å². The van der Waals surface area contributed by atoms with Crippen LogP contribution in [0.2, 0.25) is 0 Å². The van der Waals surface area contributed by atoms with Crippen LogP contribution >= 0.6 is 12.4 Å². The Labute approximate surface area is 115 Å². The second kappa shape index (κ2) is 4.84. The van der Waals surface area contributed by atoms with Crippen molar-refractivity contribution in [3.05, 3.63) is 35.4 Å². The monoisotopic (exact) mass is 264 g/mol. The molecule has 2 nitrogen and oxygen atoms in total. The van der Waals surface area contributed by atoms with Crippen LogP contribution in [0.1, 0.15) is 29.9 Å². The minimum atomic E-state index is 0. The van der Waals surface area contributed by atoms with Gasteiger partial charge in [-0.25, -0.2) is 0 Å². The molecule has 1 saturated carbocycles. The Balaban J connectivity index is 0.000001000. The number of halogens is 1. The number of nitrogens with zero attached hydrogens (tertiary/aromatic N) is 1. The van der Waals surface area contributed by atoms with Crippen LogP contribution in [0.25, 0.3) is 0 Å². The van der Waals surface area contributed by atoms with Crippen molar-refractivity contribution in [3.63, 3.8) is 0 Å². The van der Waals surface area contributed by atoms with E-state index in [1.54, 1.807) is 5.56 Å². The highest BCUT2D eigenvalue weighted by atomic mass is 35.5. The third-order valence-corrected chi connectivity index (χ3v) is 4.62. The summed E-state index contributed by atoms with van der Waals surface area (Å²) in [5.74, 6) is 1.75. The second-order valence-corrected chi connectivity index (χ2v) is 5.95. The maximum absolute atomic E-state index is 3.72. The Morgan fingerprint density at radius 1 is 1.17 bits per heavy atom. The van der Waals surface area contributed by atoms with Crippen LogP contribution in [0.3, 0.4) is 0 Å². The van der Waals surface area contributed by atoms with Crippen molar-refractivity contribution in [2.45, 2.75) is 31.3 Å². The molecule has 2 atom stereocenters. The van der Waals surface area contributed by atoms with Gasteiger partial charge in [-0.3, -0.25) is 0 Å². The van der Waals surface area contributed by atoms with Gasteiger partial charge in [0.15, 0.2) is 0 Å². The van der Waals surface area contributed by atoms with E-state index < -0.39 is 0 Å². The summed E-state index contributed by atoms with van der Waals surface area (Å²) >= 11 is 0. The maximum atomic E-state index is 3.72. The van der Waals surface area contributed by atoms with Crippen molar-refractivity contribution in [2.24, 2.45) is 5.92 Å². The molecular weight excluding hydrogens is 244 g/mol. The van der Waals surface area contributed by atoms with Crippen LogP contribution in [0, 0.1) is 5.92 Å². The number of hydrogen-bond donors (Lipinski definition) is 1. The lowest BCUT2D eigenvalue weighted by Crippen LogP contribution is -2.39. The van der Waals surface area contributed by atoms with Crippen LogP contribution in [-0.2, 0) is 6.54 Å². The quantitative estimate of drug-likeness (QED) is 0.883. The predicted octanol–water partition coefficient (Wildman–Crippen LogP) is 2.39. The van der Waals surface area contributed by atoms with E-state index in [1.165, 1.54) is 38.0 Å². The lowest BCUT2D eigenvalue weighted by molar-refractivity contribution is 0.314. The van der Waals surface area contributed by atoms with Crippen molar-refractivity contribution < 1.29 is 0 Å². The molecule has 1 aromatic carbocycles. The first-order chi connectivity index (χ1) is 8.40. The molecule has 0 spiro atoms. The van der Waals surface area contributed by atoms with E-state index in [1.807, 2.05) is 0 Å². The van der Waals surface area contributed by atoms with Crippen molar-refractivity contribution in [1.82, 2.24) is 10.2 Å². The summed E-state index contributed by atoms with van der Waals surface area (Å²) in [7, 11) is 0. The molecule has 1 aliphatic carbocycles. The van der Waals surface area contributed by atoms with Crippen LogP contribution in [0.4, 0.5) is 0 Å². The number of hydrogen-bond acceptors (Lipinski definition) is 2. The summed E-state index contributed by atoms with van der Waals surface area (Å²) in [6.45, 7) is 4.94. The first-order valence-electron chi connectivity index (χ1n) is 6.94. The molecule has 2 fully saturated rings. The molecule has 1 saturated heterocycles. The molecule has 2 heterocycles. The number of nitrogens with one attached hydrogen (secondary N) is 1. The summed E-state index contributed by atoms with van der Waals surface area (Å²) < 4.78 is 0. The van der Waals surface area contributed by atoms with Gasteiger partial charge in [0.1, 0.15) is 0 Å². The van der Waals surface area contributed by atoms with E-state index in [0.29, 0.717) is 6.04 Å². The summed E-state index contributed by atoms with van der Waals surface area (Å²) in [5, 5.41) is 3.72. The van der Waals surface area contributed by atoms with E-state index in [4.69, 9.17) is 0 Å². The van der Waals surface area contributed by atoms with Gasteiger partial charge in [-0.1, -0.05) is 24.3 Å². The van der Waals surface area contributed by atoms with Crippen LogP contribution < -0.4 is 5.32 Å². The largest absolute Gasteiger partial charge is 0.308 e. The molecule has 0 aromatic heterocycles. The fourth-order valence-electron chi connectivity index (χ4n) is 3.52. The highest BCUT2D eigenvalue weighted by Gasteiger charge is 2.38. The Morgan fingerprint density at radius 3 is 2.83 bits per heavy atom. The number of fused-ring (bicyclic) bond motifs is 3. The smallest absolute Gasteiger partial charge is 0.0279 e. The van der Waals surface area contributed by atoms with Crippen LogP contribution in [0.15, 0.2) is 24.3 Å². The van der Waals surface area contributed by atoms with Crippen LogP contribution in [0.5, 0.6) is 0 Å². The van der Waals surface area contributed by atoms with Gasteiger partial charge in [-0.15, -0.1) is 12.4 Å². The molecule has 0 unspecified atom stereocenters. The highest BCUT2D eigenvalue weighted by molar-refractivity contribution is 5.85. The third-order valence-electron chi connectivity index (χ3n) is 4.62. The standard InChI is InChI=1S/C15H20N2.ClH/c1-2-4-13-12(3-1)7-16-15-10-17(9-14(13)15)8-11-5-6-11;/h1-4,11,14-16H,5-10H2;1H/t14-,15+;/m0./s1. The molecular formula is C15H21ClN2. The Hall–Kier alpha value is -0.570. The van der Waals surface area contributed by atoms with E-state index in [0.717, 1.165) is 18.4 Å². The summed E-state index contributed by atoms with van der Waals surface area (Å²) in [6.07, 6.45) is 2.94. The zero-order valence-corrected chi connectivity index (χ0v) is 11.5. The molecule has 0 amide bonds. The van der Waals surface area contributed by atoms with E-state index in [-0.39, 0.29) is 12.4 Å². The van der Waals surface area contributed by atoms with Gasteiger partial charge in [0.25, 0.3) is 0 Å². The Morgan fingerprint density at radius 2 is 2.00 bits per heavy atom. The Bertz CT molecular complexity index is 430. The van der Waals surface area contributed by atoms with Crippen molar-refractivity contribution in [2.75, 3.05) is 19.6 Å². The minimum Gasteiger partial charge on any atom is -0.308 e. The lowest BCUT2D eigenvalue weighted by Gasteiger charge is -2.28. The zero-order valence-electron chi connectivity index (χ0n) is 10.6. The molecule has 1 aromatic rings. The average Bonchev–Trinajstić information content (AvgIpc) is 3.06. The van der Waals surface area contributed by atoms with E-state index >= 15 is 0 Å². The predicted molar refractivity (Wildman–Crippen MR) is 76.2 cm³/mol. The molecule has 2 aliphatic heterocycles. The van der Waals surface area contributed by atoms with E-state index in [2.05, 4.69) is 34.5 Å². The SMILES string of the molecule is Cl.c1ccc2c(c1)CN[C@@H]1CN(CC3CC3)C[C@@H]21. The number of rotatable bonds is 2. The van der Waals surface area contributed by atoms with Gasteiger partial charge in [0.05, 0.1) is 0 Å². The van der Waals surface area contributed by atoms with Gasteiger partial charge in [0.2, 0.25) is 0 Å². The lowest BCUT2D eigenvalue weighted by atomic mass is 9.87. The number of likely N-dealkylation sites (tertiary alicyclic amines) is 1. The first-order valence-corrected chi connectivity index (χ1v) is 6.94. The normalized spacial score (nSPS) is 30.4. The van der Waals surface area contributed by atoms with Crippen molar-refractivity contribution in [1.29, 1.82) is 0 Å². The van der Waals surface area contributed by atoms with Gasteiger partial charge in [-0.2, -0.15) is 0 Å². The Kier molecular flexibility index (Phi) is 3.35. The fourth-order valence-corrected chi connectivity index (χ4v) is 3.52. The van der Waals surface area contributed by atoms with Crippen molar-refractivity contribution in [3.8, 4) is 0 Å². The van der Waals surface area contributed by atoms with Crippen LogP contribution in [-0.4, -0.2) is 30.6 Å². The topological polar surface area (TPSA) is 15.3 Å². The molecule has 0 bridgehead atoms. The number of benzene rings is 1. The van der Waals surface area contributed by atoms with Gasteiger partial charge < -0.3 is 10.2 Å². The summed E-state index contributed by atoms with van der Waals surface area (Å²) in [6, 6.07) is 9.68. The summed E-state index contributed by atoms with van der Waals surface area (Å²) in [5.41, 5.74) is 3.12. The highest BCUT2D eigenvalue weighted by Crippen LogP contribution is 2.36. The molecule has 0 radical (unpaired) electrons. The molecule has 98 valence electrons. The summed E-state index contributed by atoms with van der Waals surface area (Å²) in [4.78, 5) is 2.68. The molecule has 1 N–H and O–H groups in total. The maximum Gasteiger partial charge on any atom is 0.0279 e. The molecule has 4 rings (SSSR count). The van der Waals surface area contributed by atoms with Gasteiger partial charge >= 0.3 is 0 Å². The second-order valence-electron chi connectivity index (χ2n) is 5.95. The average molecular weight is 265 g/mol. The van der Waals surface area contributed by atoms with Gasteiger partial charge in [-0.05, 0) is 29.9 Å². The van der Waals surface area contributed by atoms with E-state index in [9.17, 15) is 0 Å². The minimum absolute atomic E-state index is 0. The molecule has 3 aliphatic rings. The zero-order chi connectivity index (χ0) is 11.2.